The number of ether oxygens (including phenoxy) is 2. The highest BCUT2D eigenvalue weighted by Gasteiger charge is 2.16. The third-order valence-corrected chi connectivity index (χ3v) is 6.92. The van der Waals surface area contributed by atoms with Gasteiger partial charge in [0.1, 0.15) is 11.6 Å². The Bertz CT molecular complexity index is 1160. The Kier molecular flexibility index (Phi) is 7.48. The van der Waals surface area contributed by atoms with Gasteiger partial charge in [-0.3, -0.25) is 4.90 Å². The zero-order valence-electron chi connectivity index (χ0n) is 20.2. The van der Waals surface area contributed by atoms with E-state index in [1.165, 1.54) is 0 Å². The van der Waals surface area contributed by atoms with Crippen molar-refractivity contribution in [3.05, 3.63) is 40.8 Å². The fourth-order valence-corrected chi connectivity index (χ4v) is 4.71. The predicted molar refractivity (Wildman–Crippen MR) is 139 cm³/mol. The van der Waals surface area contributed by atoms with Crippen LogP contribution in [0.1, 0.15) is 6.42 Å². The molecule has 1 N–H and O–H groups in total. The number of hydrogen-bond donors (Lipinski definition) is 1. The molecule has 2 fully saturated rings. The average Bonchev–Trinajstić information content (AvgIpc) is 3.38. The van der Waals surface area contributed by atoms with E-state index in [1.54, 1.807) is 7.11 Å². The molecule has 35 heavy (non-hydrogen) atoms. The SMILES string of the molecule is COc1cccc(-c2cc3cnc([N-]C4CCOC4)nc3c(NCCN3CCN(C)CC3)n2)c1Cl. The summed E-state index contributed by atoms with van der Waals surface area (Å²) < 4.78 is 10.9. The molecule has 2 saturated heterocycles. The van der Waals surface area contributed by atoms with Crippen molar-refractivity contribution in [1.82, 2.24) is 24.8 Å². The summed E-state index contributed by atoms with van der Waals surface area (Å²) >= 11 is 6.63. The predicted octanol–water partition coefficient (Wildman–Crippen LogP) is 3.81. The second-order valence-corrected chi connectivity index (χ2v) is 9.38. The van der Waals surface area contributed by atoms with Crippen LogP contribution in [0.15, 0.2) is 30.5 Å². The maximum atomic E-state index is 6.63. The van der Waals surface area contributed by atoms with Crippen molar-refractivity contribution >= 4 is 34.3 Å². The van der Waals surface area contributed by atoms with Gasteiger partial charge in [-0.1, -0.05) is 23.7 Å². The highest BCUT2D eigenvalue weighted by molar-refractivity contribution is 6.34. The van der Waals surface area contributed by atoms with Crippen LogP contribution in [0.4, 0.5) is 11.8 Å². The zero-order chi connectivity index (χ0) is 24.2. The maximum Gasteiger partial charge on any atom is 0.138 e. The Hall–Kier alpha value is -2.72. The molecule has 2 aliphatic heterocycles. The van der Waals surface area contributed by atoms with Gasteiger partial charge in [0.25, 0.3) is 0 Å². The van der Waals surface area contributed by atoms with E-state index in [2.05, 4.69) is 32.5 Å². The quantitative estimate of drug-likeness (QED) is 0.503. The Morgan fingerprint density at radius 2 is 2.09 bits per heavy atom. The Morgan fingerprint density at radius 3 is 2.86 bits per heavy atom. The number of pyridine rings is 1. The van der Waals surface area contributed by atoms with Gasteiger partial charge < -0.3 is 35.0 Å². The van der Waals surface area contributed by atoms with E-state index in [0.717, 1.165) is 74.5 Å². The van der Waals surface area contributed by atoms with Crippen molar-refractivity contribution in [2.45, 2.75) is 12.5 Å². The number of piperazine rings is 1. The molecule has 9 nitrogen and oxygen atoms in total. The Labute approximate surface area is 210 Å². The van der Waals surface area contributed by atoms with Crippen LogP contribution in [0.3, 0.4) is 0 Å². The lowest BCUT2D eigenvalue weighted by atomic mass is 10.1. The number of rotatable bonds is 8. The Morgan fingerprint density at radius 1 is 1.23 bits per heavy atom. The second kappa shape index (κ2) is 10.9. The average molecular weight is 497 g/mol. The van der Waals surface area contributed by atoms with E-state index < -0.39 is 0 Å². The molecular formula is C25H31ClN7O2-. The van der Waals surface area contributed by atoms with Crippen LogP contribution in [-0.2, 0) is 4.74 Å². The number of fused-ring (bicyclic) bond motifs is 1. The molecule has 2 aromatic heterocycles. The summed E-state index contributed by atoms with van der Waals surface area (Å²) in [5.41, 5.74) is 2.28. The number of benzene rings is 1. The Balaban J connectivity index is 1.44. The van der Waals surface area contributed by atoms with Gasteiger partial charge in [0.2, 0.25) is 0 Å². The number of likely N-dealkylation sites (N-methyl/N-ethyl adjacent to an activating group) is 1. The first kappa shape index (κ1) is 24.0. The molecule has 0 aliphatic carbocycles. The molecule has 186 valence electrons. The molecule has 0 bridgehead atoms. The van der Waals surface area contributed by atoms with E-state index in [1.807, 2.05) is 30.5 Å². The minimum atomic E-state index is 0.101. The van der Waals surface area contributed by atoms with Gasteiger partial charge in [-0.25, -0.2) is 4.98 Å². The molecule has 1 aromatic carbocycles. The molecule has 0 spiro atoms. The van der Waals surface area contributed by atoms with Crippen LogP contribution in [0.5, 0.6) is 5.75 Å². The smallest absolute Gasteiger partial charge is 0.138 e. The van der Waals surface area contributed by atoms with Crippen molar-refractivity contribution < 1.29 is 9.47 Å². The van der Waals surface area contributed by atoms with Crippen LogP contribution in [0.25, 0.3) is 27.5 Å². The number of hydrogen-bond acceptors (Lipinski definition) is 8. The van der Waals surface area contributed by atoms with Gasteiger partial charge in [0, 0.05) is 68.9 Å². The first-order chi connectivity index (χ1) is 17.1. The summed E-state index contributed by atoms with van der Waals surface area (Å²) in [6, 6.07) is 7.76. The molecule has 1 atom stereocenters. The summed E-state index contributed by atoms with van der Waals surface area (Å²) in [5.74, 6) is 1.77. The number of halogens is 1. The molecule has 4 heterocycles. The summed E-state index contributed by atoms with van der Waals surface area (Å²) in [7, 11) is 3.78. The van der Waals surface area contributed by atoms with E-state index in [0.29, 0.717) is 29.1 Å². The number of aromatic nitrogens is 3. The normalized spacial score (nSPS) is 19.2. The lowest BCUT2D eigenvalue weighted by Crippen LogP contribution is -2.45. The third kappa shape index (κ3) is 5.59. The monoisotopic (exact) mass is 496 g/mol. The fourth-order valence-electron chi connectivity index (χ4n) is 4.41. The third-order valence-electron chi connectivity index (χ3n) is 6.53. The van der Waals surface area contributed by atoms with Crippen LogP contribution < -0.4 is 10.1 Å². The van der Waals surface area contributed by atoms with Gasteiger partial charge in [-0.2, -0.15) is 0 Å². The van der Waals surface area contributed by atoms with Crippen LogP contribution in [-0.4, -0.2) is 97.4 Å². The van der Waals surface area contributed by atoms with Crippen molar-refractivity contribution in [2.75, 3.05) is 72.0 Å². The van der Waals surface area contributed by atoms with Gasteiger partial charge >= 0.3 is 0 Å². The van der Waals surface area contributed by atoms with Crippen LogP contribution in [0, 0.1) is 0 Å². The first-order valence-electron chi connectivity index (χ1n) is 12.0. The summed E-state index contributed by atoms with van der Waals surface area (Å²) in [5, 5.41) is 9.60. The van der Waals surface area contributed by atoms with Crippen molar-refractivity contribution in [3.63, 3.8) is 0 Å². The van der Waals surface area contributed by atoms with Gasteiger partial charge in [0.15, 0.2) is 0 Å². The molecule has 0 amide bonds. The van der Waals surface area contributed by atoms with Gasteiger partial charge in [-0.15, -0.1) is 0 Å². The molecule has 0 radical (unpaired) electrons. The highest BCUT2D eigenvalue weighted by atomic mass is 35.5. The molecule has 1 unspecified atom stereocenters. The summed E-state index contributed by atoms with van der Waals surface area (Å²) in [6.07, 6.45) is 2.70. The number of anilines is 1. The fraction of sp³-hybridized carbons (Fsp3) is 0.480. The van der Waals surface area contributed by atoms with Gasteiger partial charge in [0.05, 0.1) is 24.4 Å². The molecular weight excluding hydrogens is 466 g/mol. The molecule has 10 heteroatoms. The van der Waals surface area contributed by atoms with E-state index >= 15 is 0 Å². The zero-order valence-corrected chi connectivity index (χ0v) is 21.0. The van der Waals surface area contributed by atoms with Crippen LogP contribution >= 0.6 is 11.6 Å². The lowest BCUT2D eigenvalue weighted by molar-refractivity contribution is 0.158. The number of nitrogens with one attached hydrogen (secondary N) is 1. The second-order valence-electron chi connectivity index (χ2n) is 9.00. The van der Waals surface area contributed by atoms with E-state index in [4.69, 9.17) is 31.0 Å². The number of methoxy groups -OCH3 is 1. The summed E-state index contributed by atoms with van der Waals surface area (Å²) in [6.45, 7) is 7.36. The lowest BCUT2D eigenvalue weighted by Gasteiger charge is -2.32. The topological polar surface area (TPSA) is 89.7 Å². The molecule has 0 saturated carbocycles. The largest absolute Gasteiger partial charge is 0.495 e. The molecule has 5 rings (SSSR count). The minimum Gasteiger partial charge on any atom is -0.495 e. The van der Waals surface area contributed by atoms with Crippen LogP contribution in [0.2, 0.25) is 5.02 Å². The first-order valence-corrected chi connectivity index (χ1v) is 12.4. The summed E-state index contributed by atoms with van der Waals surface area (Å²) in [4.78, 5) is 19.0. The van der Waals surface area contributed by atoms with E-state index in [-0.39, 0.29) is 6.04 Å². The van der Waals surface area contributed by atoms with Crippen molar-refractivity contribution in [2.24, 2.45) is 0 Å². The van der Waals surface area contributed by atoms with Crippen molar-refractivity contribution in [3.8, 4) is 17.0 Å². The highest BCUT2D eigenvalue weighted by Crippen LogP contribution is 2.36. The van der Waals surface area contributed by atoms with Crippen molar-refractivity contribution in [1.29, 1.82) is 0 Å². The minimum absolute atomic E-state index is 0.101. The maximum absolute atomic E-state index is 6.63. The van der Waals surface area contributed by atoms with E-state index in [9.17, 15) is 0 Å². The van der Waals surface area contributed by atoms with Gasteiger partial charge in [-0.05, 0) is 37.2 Å². The number of nitrogens with zero attached hydrogens (tertiary/aromatic N) is 6. The molecule has 3 aromatic rings. The standard InChI is InChI=1S/C25H31ClN7O2/c1-32-9-11-33(12-10-32)8-7-27-24-23-17(15-28-25(31-23)29-18-6-13-35-16-18)14-20(30-24)19-4-3-5-21(34-2)22(19)26/h3-5,14-15,18H,6-13,16H2,1-2H3,(H-,27,28,29,30,31)/q-1. The molecule has 2 aliphatic rings.